The van der Waals surface area contributed by atoms with Crippen molar-refractivity contribution >= 4 is 63.8 Å². The molecule has 0 radical (unpaired) electrons. The second-order valence-electron chi connectivity index (χ2n) is 7.27. The summed E-state index contributed by atoms with van der Waals surface area (Å²) >= 11 is 12.8. The molecule has 1 saturated heterocycles. The lowest BCUT2D eigenvalue weighted by atomic mass is 10.2. The number of halogens is 2. The van der Waals surface area contributed by atoms with Gasteiger partial charge in [-0.15, -0.1) is 0 Å². The van der Waals surface area contributed by atoms with Crippen LogP contribution in [0.2, 0.25) is 10.0 Å². The molecule has 0 bridgehead atoms. The van der Waals surface area contributed by atoms with Crippen molar-refractivity contribution in [3.63, 3.8) is 0 Å². The lowest BCUT2D eigenvalue weighted by Gasteiger charge is -2.13. The number of rotatable bonds is 6. The number of nitrogens with zero attached hydrogens (tertiary/aromatic N) is 2. The third-order valence-electron chi connectivity index (χ3n) is 4.88. The maximum atomic E-state index is 12.8. The van der Waals surface area contributed by atoms with Gasteiger partial charge in [-0.25, -0.2) is 4.79 Å². The van der Waals surface area contributed by atoms with Gasteiger partial charge in [-0.2, -0.15) is 0 Å². The van der Waals surface area contributed by atoms with Crippen LogP contribution in [0.5, 0.6) is 5.75 Å². The van der Waals surface area contributed by atoms with Crippen LogP contribution in [0, 0.1) is 10.1 Å². The van der Waals surface area contributed by atoms with E-state index in [4.69, 9.17) is 27.9 Å². The summed E-state index contributed by atoms with van der Waals surface area (Å²) in [6, 6.07) is 16.3. The van der Waals surface area contributed by atoms with Crippen molar-refractivity contribution in [1.29, 1.82) is 0 Å². The van der Waals surface area contributed by atoms with Crippen LogP contribution in [-0.4, -0.2) is 26.9 Å². The quantitative estimate of drug-likeness (QED) is 0.120. The van der Waals surface area contributed by atoms with Crippen LogP contribution in [0.4, 0.5) is 10.5 Å². The van der Waals surface area contributed by atoms with Gasteiger partial charge < -0.3 is 4.74 Å². The lowest BCUT2D eigenvalue weighted by Crippen LogP contribution is -2.27. The van der Waals surface area contributed by atoms with E-state index in [1.54, 1.807) is 24.3 Å². The van der Waals surface area contributed by atoms with E-state index < -0.39 is 22.0 Å². The highest BCUT2D eigenvalue weighted by atomic mass is 35.5. The molecule has 0 spiro atoms. The smallest absolute Gasteiger partial charge is 0.343 e. The second-order valence-corrected chi connectivity index (χ2v) is 9.11. The molecule has 176 valence electrons. The van der Waals surface area contributed by atoms with E-state index in [0.29, 0.717) is 21.2 Å². The van der Waals surface area contributed by atoms with Crippen molar-refractivity contribution in [2.75, 3.05) is 0 Å². The average molecular weight is 529 g/mol. The Hall–Kier alpha value is -3.66. The number of hydrogen-bond donors (Lipinski definition) is 0. The van der Waals surface area contributed by atoms with Gasteiger partial charge in [-0.05, 0) is 59.3 Å². The Kier molecular flexibility index (Phi) is 7.20. The maximum absolute atomic E-state index is 12.8. The maximum Gasteiger partial charge on any atom is 0.343 e. The molecule has 4 rings (SSSR count). The van der Waals surface area contributed by atoms with Crippen molar-refractivity contribution in [3.8, 4) is 5.75 Å². The fraction of sp³-hybridized carbons (Fsp3) is 0.0417. The fourth-order valence-electron chi connectivity index (χ4n) is 3.19. The van der Waals surface area contributed by atoms with Gasteiger partial charge in [0.05, 0.1) is 21.9 Å². The third-order valence-corrected chi connectivity index (χ3v) is 6.37. The fourth-order valence-corrected chi connectivity index (χ4v) is 4.49. The van der Waals surface area contributed by atoms with E-state index in [1.165, 1.54) is 42.5 Å². The summed E-state index contributed by atoms with van der Waals surface area (Å²) in [5, 5.41) is 11.3. The largest absolute Gasteiger partial charge is 0.423 e. The lowest BCUT2D eigenvalue weighted by molar-refractivity contribution is -0.384. The van der Waals surface area contributed by atoms with E-state index in [0.717, 1.165) is 22.7 Å². The zero-order chi connectivity index (χ0) is 25.1. The van der Waals surface area contributed by atoms with Crippen LogP contribution < -0.4 is 4.74 Å². The molecule has 0 saturated carbocycles. The molecule has 35 heavy (non-hydrogen) atoms. The summed E-state index contributed by atoms with van der Waals surface area (Å²) in [6.45, 7) is -0.00112. The molecular formula is C24H14Cl2N2O6S. The first-order valence-corrected chi connectivity index (χ1v) is 11.5. The number of nitro groups is 1. The summed E-state index contributed by atoms with van der Waals surface area (Å²) < 4.78 is 5.33. The van der Waals surface area contributed by atoms with Crippen molar-refractivity contribution in [2.45, 2.75) is 6.54 Å². The van der Waals surface area contributed by atoms with Gasteiger partial charge in [0.25, 0.3) is 16.8 Å². The molecule has 1 fully saturated rings. The number of amides is 2. The van der Waals surface area contributed by atoms with Gasteiger partial charge in [0.2, 0.25) is 0 Å². The molecule has 1 aliphatic heterocycles. The normalized spacial score (nSPS) is 14.5. The Morgan fingerprint density at radius 1 is 1.06 bits per heavy atom. The Morgan fingerprint density at radius 2 is 1.83 bits per heavy atom. The van der Waals surface area contributed by atoms with Crippen molar-refractivity contribution < 1.29 is 24.0 Å². The van der Waals surface area contributed by atoms with E-state index in [-0.39, 0.29) is 28.5 Å². The molecule has 11 heteroatoms. The number of carbonyl (C=O) groups is 3. The molecule has 1 heterocycles. The molecule has 8 nitrogen and oxygen atoms in total. The summed E-state index contributed by atoms with van der Waals surface area (Å²) in [5.41, 5.74) is 0.884. The van der Waals surface area contributed by atoms with E-state index in [2.05, 4.69) is 0 Å². The predicted octanol–water partition coefficient (Wildman–Crippen LogP) is 6.36. The minimum atomic E-state index is -0.772. The standard InChI is InChI=1S/C24H14Cl2N2O6S/c25-17-8-7-16(20(26)12-17)13-27-22(29)21(35-24(27)31)10-14-3-1-6-19(9-14)34-23(30)15-4-2-5-18(11-15)28(32)33/h1-12H,13H2/b21-10-. The number of non-ortho nitro benzene ring substituents is 1. The number of benzene rings is 3. The summed E-state index contributed by atoms with van der Waals surface area (Å²) in [4.78, 5) is 49.3. The van der Waals surface area contributed by atoms with Gasteiger partial charge in [-0.1, -0.05) is 47.5 Å². The molecule has 1 aliphatic rings. The molecule has 3 aromatic rings. The van der Waals surface area contributed by atoms with Crippen LogP contribution >= 0.6 is 35.0 Å². The van der Waals surface area contributed by atoms with Gasteiger partial charge in [0, 0.05) is 22.2 Å². The van der Waals surface area contributed by atoms with Crippen LogP contribution in [0.3, 0.4) is 0 Å². The molecular weight excluding hydrogens is 515 g/mol. The number of imide groups is 1. The van der Waals surface area contributed by atoms with E-state index in [1.807, 2.05) is 0 Å². The van der Waals surface area contributed by atoms with Gasteiger partial charge in [0.15, 0.2) is 0 Å². The van der Waals surface area contributed by atoms with Crippen molar-refractivity contribution in [1.82, 2.24) is 4.90 Å². The molecule has 0 aliphatic carbocycles. The minimum absolute atomic E-state index is 0.00112. The Labute approximate surface area is 213 Å². The number of thioether (sulfide) groups is 1. The Balaban J connectivity index is 1.50. The minimum Gasteiger partial charge on any atom is -0.423 e. The molecule has 0 unspecified atom stereocenters. The Morgan fingerprint density at radius 3 is 2.57 bits per heavy atom. The summed E-state index contributed by atoms with van der Waals surface area (Å²) in [6.07, 6.45) is 1.51. The highest BCUT2D eigenvalue weighted by Crippen LogP contribution is 2.35. The van der Waals surface area contributed by atoms with Gasteiger partial charge in [0.1, 0.15) is 5.75 Å². The van der Waals surface area contributed by atoms with Gasteiger partial charge >= 0.3 is 5.97 Å². The first kappa shape index (κ1) is 24.5. The van der Waals surface area contributed by atoms with Crippen LogP contribution in [0.15, 0.2) is 71.6 Å². The number of ether oxygens (including phenoxy) is 1. The second kappa shape index (κ2) is 10.3. The number of nitro benzene ring substituents is 1. The summed E-state index contributed by atoms with van der Waals surface area (Å²) in [5.74, 6) is -1.08. The first-order valence-electron chi connectivity index (χ1n) is 9.97. The monoisotopic (exact) mass is 528 g/mol. The van der Waals surface area contributed by atoms with Crippen LogP contribution in [0.25, 0.3) is 6.08 Å². The third kappa shape index (κ3) is 5.71. The molecule has 0 aromatic heterocycles. The van der Waals surface area contributed by atoms with Crippen LogP contribution in [0.1, 0.15) is 21.5 Å². The van der Waals surface area contributed by atoms with E-state index in [9.17, 15) is 24.5 Å². The molecule has 2 amide bonds. The SMILES string of the molecule is O=C(Oc1cccc(/C=C2\SC(=O)N(Cc3ccc(Cl)cc3Cl)C2=O)c1)c1cccc([N+](=O)[O-])c1. The zero-order valence-corrected chi connectivity index (χ0v) is 20.0. The van der Waals surface area contributed by atoms with Crippen LogP contribution in [-0.2, 0) is 11.3 Å². The average Bonchev–Trinajstić information content (AvgIpc) is 3.08. The topological polar surface area (TPSA) is 107 Å². The van der Waals surface area contributed by atoms with Crippen molar-refractivity contribution in [2.24, 2.45) is 0 Å². The highest BCUT2D eigenvalue weighted by Gasteiger charge is 2.35. The predicted molar refractivity (Wildman–Crippen MR) is 132 cm³/mol. The number of carbonyl (C=O) groups excluding carboxylic acids is 3. The summed E-state index contributed by atoms with van der Waals surface area (Å²) in [7, 11) is 0. The Bertz CT molecular complexity index is 1410. The number of hydrogen-bond acceptors (Lipinski definition) is 7. The van der Waals surface area contributed by atoms with Crippen molar-refractivity contribution in [3.05, 3.63) is 108 Å². The first-order chi connectivity index (χ1) is 16.7. The zero-order valence-electron chi connectivity index (χ0n) is 17.6. The molecule has 3 aromatic carbocycles. The van der Waals surface area contributed by atoms with E-state index >= 15 is 0 Å². The molecule has 0 atom stereocenters. The highest BCUT2D eigenvalue weighted by molar-refractivity contribution is 8.18. The van der Waals surface area contributed by atoms with Gasteiger partial charge in [-0.3, -0.25) is 24.6 Å². The molecule has 0 N–H and O–H groups in total. The number of esters is 1.